The molecular weight excluding hydrogens is 370 g/mol. The number of anilines is 2. The number of aromatic nitrogens is 2. The lowest BCUT2D eigenvalue weighted by atomic mass is 10.3. The lowest BCUT2D eigenvalue weighted by molar-refractivity contribution is 0.591. The third-order valence-corrected chi connectivity index (χ3v) is 4.34. The van der Waals surface area contributed by atoms with Crippen molar-refractivity contribution in [1.29, 1.82) is 0 Å². The number of nitrogens with zero attached hydrogens (tertiary/aromatic N) is 2. The summed E-state index contributed by atoms with van der Waals surface area (Å²) in [6.45, 7) is 0. The molecule has 2 N–H and O–H groups in total. The van der Waals surface area contributed by atoms with Crippen LogP contribution in [0, 0.1) is 11.6 Å². The summed E-state index contributed by atoms with van der Waals surface area (Å²) in [6, 6.07) is 1.56. The van der Waals surface area contributed by atoms with Crippen molar-refractivity contribution in [2.24, 2.45) is 0 Å². The van der Waals surface area contributed by atoms with Crippen LogP contribution in [0.4, 0.5) is 20.4 Å². The Morgan fingerprint density at radius 1 is 1.14 bits per heavy atom. The molecule has 0 bridgehead atoms. The SMILES string of the molecule is CNc1ncc(S(=O)(=O)Nc2cc(F)c(Br)cc2F)cn1. The fourth-order valence-electron chi connectivity index (χ4n) is 1.39. The molecule has 6 nitrogen and oxygen atoms in total. The van der Waals surface area contributed by atoms with Gasteiger partial charge in [0.05, 0.1) is 22.6 Å². The normalized spacial score (nSPS) is 11.2. The highest BCUT2D eigenvalue weighted by molar-refractivity contribution is 9.10. The Labute approximate surface area is 127 Å². The van der Waals surface area contributed by atoms with E-state index in [0.717, 1.165) is 24.5 Å². The van der Waals surface area contributed by atoms with Crippen LogP contribution in [-0.4, -0.2) is 25.4 Å². The maximum atomic E-state index is 13.6. The Balaban J connectivity index is 2.34. The van der Waals surface area contributed by atoms with E-state index in [1.54, 1.807) is 7.05 Å². The number of nitrogens with one attached hydrogen (secondary N) is 2. The first kappa shape index (κ1) is 15.6. The minimum atomic E-state index is -4.12. The van der Waals surface area contributed by atoms with Gasteiger partial charge >= 0.3 is 0 Å². The Bertz CT molecular complexity index is 769. The van der Waals surface area contributed by atoms with Crippen molar-refractivity contribution in [2.45, 2.75) is 4.90 Å². The molecule has 0 aliphatic heterocycles. The van der Waals surface area contributed by atoms with Crippen LogP contribution in [0.1, 0.15) is 0 Å². The standard InChI is InChI=1S/C11H9BrF2N4O2S/c1-15-11-16-4-6(5-17-11)21(19,20)18-10-3-8(13)7(12)2-9(10)14/h2-5,18H,1H3,(H,15,16,17). The van der Waals surface area contributed by atoms with Gasteiger partial charge in [-0.2, -0.15) is 0 Å². The molecule has 0 amide bonds. The van der Waals surface area contributed by atoms with Gasteiger partial charge in [-0.1, -0.05) is 0 Å². The average molecular weight is 379 g/mol. The highest BCUT2D eigenvalue weighted by Gasteiger charge is 2.18. The van der Waals surface area contributed by atoms with E-state index in [1.165, 1.54) is 0 Å². The molecule has 1 heterocycles. The minimum Gasteiger partial charge on any atom is -0.357 e. The van der Waals surface area contributed by atoms with Gasteiger partial charge in [-0.15, -0.1) is 0 Å². The van der Waals surface area contributed by atoms with Crippen molar-refractivity contribution in [1.82, 2.24) is 9.97 Å². The van der Waals surface area contributed by atoms with Crippen molar-refractivity contribution in [3.63, 3.8) is 0 Å². The van der Waals surface area contributed by atoms with E-state index in [-0.39, 0.29) is 15.3 Å². The molecule has 2 aromatic rings. The summed E-state index contributed by atoms with van der Waals surface area (Å²) in [5.74, 6) is -1.48. The molecular formula is C11H9BrF2N4O2S. The van der Waals surface area contributed by atoms with Crippen molar-refractivity contribution in [3.05, 3.63) is 40.6 Å². The fourth-order valence-corrected chi connectivity index (χ4v) is 2.65. The highest BCUT2D eigenvalue weighted by Crippen LogP contribution is 2.25. The number of benzene rings is 1. The molecule has 0 atom stereocenters. The smallest absolute Gasteiger partial charge is 0.265 e. The van der Waals surface area contributed by atoms with Gasteiger partial charge in [-0.25, -0.2) is 27.2 Å². The fraction of sp³-hybridized carbons (Fsp3) is 0.0909. The molecule has 1 aromatic carbocycles. The zero-order chi connectivity index (χ0) is 15.6. The first-order valence-electron chi connectivity index (χ1n) is 5.50. The van der Waals surface area contributed by atoms with Crippen LogP contribution in [0.2, 0.25) is 0 Å². The Kier molecular flexibility index (Phi) is 4.37. The lowest BCUT2D eigenvalue weighted by Gasteiger charge is -2.09. The van der Waals surface area contributed by atoms with Crippen LogP contribution >= 0.6 is 15.9 Å². The zero-order valence-electron chi connectivity index (χ0n) is 10.6. The van der Waals surface area contributed by atoms with Crippen LogP contribution in [0.5, 0.6) is 0 Å². The van der Waals surface area contributed by atoms with Crippen LogP contribution in [0.3, 0.4) is 0 Å². The Morgan fingerprint density at radius 3 is 2.33 bits per heavy atom. The summed E-state index contributed by atoms with van der Waals surface area (Å²) < 4.78 is 52.9. The topological polar surface area (TPSA) is 84.0 Å². The molecule has 0 saturated carbocycles. The second-order valence-corrected chi connectivity index (χ2v) is 6.38. The van der Waals surface area contributed by atoms with Gasteiger partial charge in [-0.05, 0) is 22.0 Å². The minimum absolute atomic E-state index is 0.107. The van der Waals surface area contributed by atoms with Crippen LogP contribution in [-0.2, 0) is 10.0 Å². The van der Waals surface area contributed by atoms with E-state index >= 15 is 0 Å². The predicted octanol–water partition coefficient (Wildman–Crippen LogP) is 2.36. The third-order valence-electron chi connectivity index (χ3n) is 2.42. The van der Waals surface area contributed by atoms with Gasteiger partial charge < -0.3 is 5.32 Å². The van der Waals surface area contributed by atoms with Gasteiger partial charge in [-0.3, -0.25) is 4.72 Å². The molecule has 0 spiro atoms. The third kappa shape index (κ3) is 3.45. The second kappa shape index (κ2) is 5.90. The molecule has 0 fully saturated rings. The van der Waals surface area contributed by atoms with E-state index in [0.29, 0.717) is 0 Å². The maximum Gasteiger partial charge on any atom is 0.265 e. The molecule has 0 aliphatic rings. The summed E-state index contributed by atoms with van der Waals surface area (Å²) in [5, 5.41) is 2.63. The predicted molar refractivity (Wildman–Crippen MR) is 76.4 cm³/mol. The van der Waals surface area contributed by atoms with E-state index in [9.17, 15) is 17.2 Å². The van der Waals surface area contributed by atoms with Crippen molar-refractivity contribution in [3.8, 4) is 0 Å². The molecule has 112 valence electrons. The largest absolute Gasteiger partial charge is 0.357 e. The quantitative estimate of drug-likeness (QED) is 0.797. The molecule has 10 heteroatoms. The van der Waals surface area contributed by atoms with Crippen molar-refractivity contribution < 1.29 is 17.2 Å². The Hall–Kier alpha value is -1.81. The van der Waals surface area contributed by atoms with E-state index in [4.69, 9.17) is 0 Å². The zero-order valence-corrected chi connectivity index (χ0v) is 13.0. The van der Waals surface area contributed by atoms with Crippen LogP contribution in [0.15, 0.2) is 33.9 Å². The lowest BCUT2D eigenvalue weighted by Crippen LogP contribution is -2.15. The van der Waals surface area contributed by atoms with Gasteiger partial charge in [0.25, 0.3) is 10.0 Å². The molecule has 1 aromatic heterocycles. The van der Waals surface area contributed by atoms with Crippen LogP contribution < -0.4 is 10.0 Å². The molecule has 2 rings (SSSR count). The number of hydrogen-bond acceptors (Lipinski definition) is 5. The van der Waals surface area contributed by atoms with Gasteiger partial charge in [0.15, 0.2) is 0 Å². The monoisotopic (exact) mass is 378 g/mol. The number of rotatable bonds is 4. The molecule has 21 heavy (non-hydrogen) atoms. The molecule has 0 saturated heterocycles. The van der Waals surface area contributed by atoms with Gasteiger partial charge in [0.2, 0.25) is 5.95 Å². The summed E-state index contributed by atoms with van der Waals surface area (Å²) in [5.41, 5.74) is -0.506. The number of halogens is 3. The van der Waals surface area contributed by atoms with E-state index < -0.39 is 27.3 Å². The van der Waals surface area contributed by atoms with Crippen molar-refractivity contribution >= 4 is 37.6 Å². The highest BCUT2D eigenvalue weighted by atomic mass is 79.9. The van der Waals surface area contributed by atoms with E-state index in [1.807, 2.05) is 4.72 Å². The summed E-state index contributed by atoms with van der Waals surface area (Å²) in [7, 11) is -2.54. The number of hydrogen-bond donors (Lipinski definition) is 2. The number of sulfonamides is 1. The van der Waals surface area contributed by atoms with Gasteiger partial charge in [0, 0.05) is 13.1 Å². The average Bonchev–Trinajstić information content (AvgIpc) is 2.44. The molecule has 0 aliphatic carbocycles. The first-order chi connectivity index (χ1) is 9.83. The Morgan fingerprint density at radius 2 is 1.76 bits per heavy atom. The van der Waals surface area contributed by atoms with Crippen LogP contribution in [0.25, 0.3) is 0 Å². The second-order valence-electron chi connectivity index (χ2n) is 3.84. The summed E-state index contributed by atoms with van der Waals surface area (Å²) >= 11 is 2.80. The van der Waals surface area contributed by atoms with E-state index in [2.05, 4.69) is 31.2 Å². The summed E-state index contributed by atoms with van der Waals surface area (Å²) in [4.78, 5) is 7.21. The first-order valence-corrected chi connectivity index (χ1v) is 7.78. The van der Waals surface area contributed by atoms with Gasteiger partial charge in [0.1, 0.15) is 16.5 Å². The van der Waals surface area contributed by atoms with Crippen molar-refractivity contribution in [2.75, 3.05) is 17.1 Å². The maximum absolute atomic E-state index is 13.6. The summed E-state index contributed by atoms with van der Waals surface area (Å²) in [6.07, 6.45) is 2.10. The molecule has 0 radical (unpaired) electrons. The molecule has 0 unspecified atom stereocenters.